The van der Waals surface area contributed by atoms with Crippen LogP contribution in [-0.2, 0) is 24.0 Å². The molecule has 0 amide bonds. The van der Waals surface area contributed by atoms with Gasteiger partial charge in [-0.15, -0.1) is 0 Å². The fraction of sp³-hybridized carbons (Fsp3) is 0.708. The zero-order valence-electron chi connectivity index (χ0n) is 18.3. The molecule has 6 nitrogen and oxygen atoms in total. The largest absolute Gasteiger partial charge is 0.462 e. The number of ether oxygens (including phenoxy) is 3. The molecule has 1 aromatic rings. The second-order valence-electron chi connectivity index (χ2n) is 9.85. The van der Waals surface area contributed by atoms with Crippen molar-refractivity contribution in [3.63, 3.8) is 0 Å². The summed E-state index contributed by atoms with van der Waals surface area (Å²) in [6, 6.07) is 5.85. The van der Waals surface area contributed by atoms with Crippen molar-refractivity contribution in [1.82, 2.24) is 0 Å². The Labute approximate surface area is 182 Å². The average Bonchev–Trinajstić information content (AvgIpc) is 2.98. The Kier molecular flexibility index (Phi) is 5.36. The SMILES string of the molecule is C[C@H]1[C@@H](CCOC(=O)c2ccccc2F)O[C@@H]2O[C@@]3(C)CC[C@H]4[C@H](C)CC[C@@H]1[C@@]24OO3. The first-order valence-electron chi connectivity index (χ1n) is 11.5. The summed E-state index contributed by atoms with van der Waals surface area (Å²) in [7, 11) is 0. The lowest BCUT2D eigenvalue weighted by atomic mass is 9.57. The second-order valence-corrected chi connectivity index (χ2v) is 9.85. The molecule has 31 heavy (non-hydrogen) atoms. The summed E-state index contributed by atoms with van der Waals surface area (Å²) in [4.78, 5) is 24.2. The summed E-state index contributed by atoms with van der Waals surface area (Å²) in [5, 5.41) is 0. The highest BCUT2D eigenvalue weighted by Crippen LogP contribution is 2.60. The van der Waals surface area contributed by atoms with Gasteiger partial charge in [0.15, 0.2) is 11.9 Å². The molecule has 4 saturated heterocycles. The molecule has 0 aromatic heterocycles. The molecular weight excluding hydrogens is 403 g/mol. The predicted octanol–water partition coefficient (Wildman–Crippen LogP) is 4.62. The van der Waals surface area contributed by atoms with Gasteiger partial charge in [0.25, 0.3) is 0 Å². The smallest absolute Gasteiger partial charge is 0.341 e. The highest BCUT2D eigenvalue weighted by molar-refractivity contribution is 5.89. The topological polar surface area (TPSA) is 63.2 Å². The van der Waals surface area contributed by atoms with Crippen LogP contribution in [0.15, 0.2) is 24.3 Å². The lowest BCUT2D eigenvalue weighted by Gasteiger charge is -2.60. The maximum Gasteiger partial charge on any atom is 0.341 e. The van der Waals surface area contributed by atoms with Crippen molar-refractivity contribution in [3.05, 3.63) is 35.6 Å². The van der Waals surface area contributed by atoms with E-state index >= 15 is 0 Å². The Bertz CT molecular complexity index is 847. The Hall–Kier alpha value is -1.54. The van der Waals surface area contributed by atoms with Crippen molar-refractivity contribution in [2.75, 3.05) is 6.61 Å². The lowest BCUT2D eigenvalue weighted by Crippen LogP contribution is -2.70. The van der Waals surface area contributed by atoms with Crippen LogP contribution in [0.3, 0.4) is 0 Å². The van der Waals surface area contributed by atoms with Crippen LogP contribution in [0.5, 0.6) is 0 Å². The molecule has 0 unspecified atom stereocenters. The zero-order valence-corrected chi connectivity index (χ0v) is 18.3. The molecule has 0 radical (unpaired) electrons. The van der Waals surface area contributed by atoms with Gasteiger partial charge in [0.2, 0.25) is 5.79 Å². The van der Waals surface area contributed by atoms with Crippen molar-refractivity contribution in [2.45, 2.75) is 76.7 Å². The molecule has 5 aliphatic rings. The number of halogens is 1. The minimum absolute atomic E-state index is 0.0499. The van der Waals surface area contributed by atoms with Gasteiger partial charge in [-0.1, -0.05) is 26.0 Å². The monoisotopic (exact) mass is 434 g/mol. The Morgan fingerprint density at radius 1 is 1.16 bits per heavy atom. The third kappa shape index (κ3) is 3.41. The number of hydrogen-bond donors (Lipinski definition) is 0. The second kappa shape index (κ2) is 7.80. The summed E-state index contributed by atoms with van der Waals surface area (Å²) < 4.78 is 32.0. The molecule has 0 N–H and O–H groups in total. The first-order chi connectivity index (χ1) is 14.8. The van der Waals surface area contributed by atoms with Gasteiger partial charge in [0.05, 0.1) is 18.3 Å². The third-order valence-corrected chi connectivity index (χ3v) is 8.02. The van der Waals surface area contributed by atoms with Crippen molar-refractivity contribution in [3.8, 4) is 0 Å². The Morgan fingerprint density at radius 3 is 2.77 bits per heavy atom. The van der Waals surface area contributed by atoms with Gasteiger partial charge < -0.3 is 14.2 Å². The fourth-order valence-corrected chi connectivity index (χ4v) is 6.28. The van der Waals surface area contributed by atoms with Crippen LogP contribution in [0.2, 0.25) is 0 Å². The van der Waals surface area contributed by atoms with Gasteiger partial charge in [-0.2, -0.15) is 0 Å². The number of carbonyl (C=O) groups is 1. The van der Waals surface area contributed by atoms with Crippen molar-refractivity contribution < 1.29 is 33.2 Å². The van der Waals surface area contributed by atoms with Crippen LogP contribution in [0.25, 0.3) is 0 Å². The van der Waals surface area contributed by atoms with E-state index < -0.39 is 29.5 Å². The first-order valence-corrected chi connectivity index (χ1v) is 11.5. The van der Waals surface area contributed by atoms with E-state index in [0.29, 0.717) is 18.3 Å². The zero-order chi connectivity index (χ0) is 21.8. The number of carbonyl (C=O) groups excluding carboxylic acids is 1. The van der Waals surface area contributed by atoms with Crippen molar-refractivity contribution >= 4 is 5.97 Å². The summed E-state index contributed by atoms with van der Waals surface area (Å²) in [6.45, 7) is 6.52. The van der Waals surface area contributed by atoms with Crippen LogP contribution in [-0.4, -0.2) is 36.4 Å². The number of esters is 1. The van der Waals surface area contributed by atoms with E-state index in [-0.39, 0.29) is 30.1 Å². The molecule has 7 heteroatoms. The number of rotatable bonds is 4. The predicted molar refractivity (Wildman–Crippen MR) is 108 cm³/mol. The Morgan fingerprint density at radius 2 is 1.97 bits per heavy atom. The molecule has 170 valence electrons. The van der Waals surface area contributed by atoms with Crippen LogP contribution >= 0.6 is 0 Å². The van der Waals surface area contributed by atoms with E-state index in [9.17, 15) is 9.18 Å². The molecule has 2 bridgehead atoms. The highest BCUT2D eigenvalue weighted by Gasteiger charge is 2.69. The standard InChI is InChI=1S/C24H31FO6/c1-14-8-9-18-15(2)20(11-13-27-21(26)16-6-4-5-7-19(16)25)28-22-24(18)17(14)10-12-23(3,29-22)30-31-24/h4-7,14-15,17-18,20,22H,8-13H2,1-3H3/t14-,15-,17+,18+,20-,22-,23-,24-/m1/s1. The number of benzene rings is 1. The fourth-order valence-electron chi connectivity index (χ4n) is 6.28. The minimum Gasteiger partial charge on any atom is -0.462 e. The van der Waals surface area contributed by atoms with Crippen LogP contribution in [0.1, 0.15) is 63.2 Å². The molecule has 8 atom stereocenters. The molecule has 1 saturated carbocycles. The molecule has 1 spiro atoms. The van der Waals surface area contributed by atoms with Gasteiger partial charge in [0, 0.05) is 18.8 Å². The van der Waals surface area contributed by atoms with Crippen LogP contribution < -0.4 is 0 Å². The normalized spacial score (nSPS) is 43.7. The molecule has 1 aliphatic carbocycles. The summed E-state index contributed by atoms with van der Waals surface area (Å²) in [6.07, 6.45) is 3.80. The van der Waals surface area contributed by atoms with E-state index in [1.165, 1.54) is 12.1 Å². The van der Waals surface area contributed by atoms with E-state index in [1.807, 2.05) is 6.92 Å². The molecule has 5 fully saturated rings. The molecule has 6 rings (SSSR count). The maximum absolute atomic E-state index is 13.8. The summed E-state index contributed by atoms with van der Waals surface area (Å²) >= 11 is 0. The van der Waals surface area contributed by atoms with Crippen molar-refractivity contribution in [2.24, 2.45) is 23.7 Å². The van der Waals surface area contributed by atoms with Crippen LogP contribution in [0.4, 0.5) is 4.39 Å². The van der Waals surface area contributed by atoms with Crippen LogP contribution in [0, 0.1) is 29.5 Å². The molecule has 4 heterocycles. The first kappa shape index (κ1) is 21.3. The maximum atomic E-state index is 13.8. The van der Waals surface area contributed by atoms with Gasteiger partial charge in [0.1, 0.15) is 5.82 Å². The quantitative estimate of drug-likeness (QED) is 0.509. The molecular formula is C24H31FO6. The van der Waals surface area contributed by atoms with E-state index in [4.69, 9.17) is 24.0 Å². The van der Waals surface area contributed by atoms with E-state index in [0.717, 1.165) is 25.7 Å². The van der Waals surface area contributed by atoms with E-state index in [2.05, 4.69) is 13.8 Å². The molecule has 4 aliphatic heterocycles. The minimum atomic E-state index is -0.806. The van der Waals surface area contributed by atoms with E-state index in [1.54, 1.807) is 12.1 Å². The number of fused-ring (bicyclic) bond motifs is 2. The highest BCUT2D eigenvalue weighted by atomic mass is 19.1. The summed E-state index contributed by atoms with van der Waals surface area (Å²) in [5.74, 6) is -0.773. The molecule has 1 aromatic carbocycles. The van der Waals surface area contributed by atoms with Gasteiger partial charge >= 0.3 is 5.97 Å². The summed E-state index contributed by atoms with van der Waals surface area (Å²) in [5.41, 5.74) is -0.640. The van der Waals surface area contributed by atoms with Crippen molar-refractivity contribution in [1.29, 1.82) is 0 Å². The van der Waals surface area contributed by atoms with Gasteiger partial charge in [-0.05, 0) is 56.1 Å². The number of hydrogen-bond acceptors (Lipinski definition) is 6. The van der Waals surface area contributed by atoms with Gasteiger partial charge in [-0.3, -0.25) is 0 Å². The average molecular weight is 435 g/mol. The lowest BCUT2D eigenvalue weighted by molar-refractivity contribution is -0.571. The third-order valence-electron chi connectivity index (χ3n) is 8.02. The Balaban J connectivity index is 1.31. The van der Waals surface area contributed by atoms with Gasteiger partial charge in [-0.25, -0.2) is 19.0 Å².